The maximum absolute atomic E-state index is 11.9. The molecule has 0 aromatic heterocycles. The number of anilines is 2. The number of amides is 3. The fraction of sp³-hybridized carbons (Fsp3) is 0.176. The first-order valence-corrected chi connectivity index (χ1v) is 8.59. The minimum Gasteiger partial charge on any atom is -0.497 e. The second-order valence-electron chi connectivity index (χ2n) is 5.03. The highest BCUT2D eigenvalue weighted by Gasteiger charge is 2.07. The molecule has 0 saturated carbocycles. The number of ether oxygens (including phenoxy) is 1. The molecule has 0 spiro atoms. The topological polar surface area (TPSA) is 79.5 Å². The molecular formula is C17H17BrClN3O3. The van der Waals surface area contributed by atoms with Crippen molar-refractivity contribution < 1.29 is 14.3 Å². The number of hydrogen-bond donors (Lipinski definition) is 3. The van der Waals surface area contributed by atoms with Crippen molar-refractivity contribution in [2.24, 2.45) is 0 Å². The number of methoxy groups -OCH3 is 1. The average molecular weight is 427 g/mol. The molecule has 0 heterocycles. The lowest BCUT2D eigenvalue weighted by molar-refractivity contribution is -0.116. The minimum absolute atomic E-state index is 0.127. The van der Waals surface area contributed by atoms with E-state index in [9.17, 15) is 9.59 Å². The normalized spacial score (nSPS) is 10.0. The van der Waals surface area contributed by atoms with Crippen LogP contribution in [0.3, 0.4) is 0 Å². The summed E-state index contributed by atoms with van der Waals surface area (Å²) in [6.07, 6.45) is 0.127. The molecule has 2 aromatic rings. The van der Waals surface area contributed by atoms with E-state index in [4.69, 9.17) is 16.3 Å². The number of rotatable bonds is 6. The second-order valence-corrected chi connectivity index (χ2v) is 6.35. The monoisotopic (exact) mass is 425 g/mol. The van der Waals surface area contributed by atoms with Crippen LogP contribution in [0.2, 0.25) is 5.02 Å². The zero-order valence-electron chi connectivity index (χ0n) is 13.4. The summed E-state index contributed by atoms with van der Waals surface area (Å²) in [6.45, 7) is 0.196. The van der Waals surface area contributed by atoms with E-state index >= 15 is 0 Å². The molecule has 0 radical (unpaired) electrons. The van der Waals surface area contributed by atoms with Crippen molar-refractivity contribution in [1.29, 1.82) is 0 Å². The largest absolute Gasteiger partial charge is 0.497 e. The highest BCUT2D eigenvalue weighted by Crippen LogP contribution is 2.25. The molecule has 0 saturated heterocycles. The molecule has 3 N–H and O–H groups in total. The van der Waals surface area contributed by atoms with Crippen LogP contribution in [-0.4, -0.2) is 25.6 Å². The van der Waals surface area contributed by atoms with E-state index in [0.717, 1.165) is 4.47 Å². The van der Waals surface area contributed by atoms with Crippen LogP contribution in [0.25, 0.3) is 0 Å². The second kappa shape index (κ2) is 9.29. The number of hydrogen-bond acceptors (Lipinski definition) is 3. The van der Waals surface area contributed by atoms with Gasteiger partial charge in [-0.3, -0.25) is 4.79 Å². The summed E-state index contributed by atoms with van der Waals surface area (Å²) in [4.78, 5) is 23.7. The number of urea groups is 1. The summed E-state index contributed by atoms with van der Waals surface area (Å²) in [6, 6.07) is 11.7. The van der Waals surface area contributed by atoms with Crippen LogP contribution in [-0.2, 0) is 4.79 Å². The van der Waals surface area contributed by atoms with E-state index in [1.165, 1.54) is 0 Å². The Kier molecular flexibility index (Phi) is 7.09. The van der Waals surface area contributed by atoms with Crippen molar-refractivity contribution in [2.45, 2.75) is 6.42 Å². The van der Waals surface area contributed by atoms with Crippen molar-refractivity contribution >= 4 is 50.8 Å². The smallest absolute Gasteiger partial charge is 0.319 e. The Hall–Kier alpha value is -2.25. The summed E-state index contributed by atoms with van der Waals surface area (Å²) in [5.74, 6) is 0.461. The van der Waals surface area contributed by atoms with Crippen LogP contribution in [0.1, 0.15) is 6.42 Å². The van der Waals surface area contributed by atoms with Gasteiger partial charge in [0.25, 0.3) is 0 Å². The van der Waals surface area contributed by atoms with Gasteiger partial charge in [0.15, 0.2) is 0 Å². The fourth-order valence-corrected chi connectivity index (χ4v) is 2.66. The Labute approximate surface area is 159 Å². The third-order valence-electron chi connectivity index (χ3n) is 3.19. The Morgan fingerprint density at radius 3 is 2.48 bits per heavy atom. The molecule has 0 bridgehead atoms. The predicted octanol–water partition coefficient (Wildman–Crippen LogP) is 4.26. The van der Waals surface area contributed by atoms with E-state index in [-0.39, 0.29) is 24.9 Å². The van der Waals surface area contributed by atoms with Crippen LogP contribution < -0.4 is 20.7 Å². The van der Waals surface area contributed by atoms with Crippen LogP contribution in [0.5, 0.6) is 5.75 Å². The van der Waals surface area contributed by atoms with Gasteiger partial charge in [0.2, 0.25) is 5.91 Å². The summed E-state index contributed by atoms with van der Waals surface area (Å²) in [7, 11) is 1.57. The first kappa shape index (κ1) is 19.1. The van der Waals surface area contributed by atoms with Gasteiger partial charge in [-0.15, -0.1) is 0 Å². The number of nitrogens with one attached hydrogen (secondary N) is 3. The molecule has 0 fully saturated rings. The van der Waals surface area contributed by atoms with Gasteiger partial charge in [0, 0.05) is 23.1 Å². The number of carbonyl (C=O) groups excluding carboxylic acids is 2. The molecule has 0 aliphatic heterocycles. The lowest BCUT2D eigenvalue weighted by Gasteiger charge is -2.09. The molecule has 2 aromatic carbocycles. The fourth-order valence-electron chi connectivity index (χ4n) is 1.94. The number of benzene rings is 2. The van der Waals surface area contributed by atoms with Crippen molar-refractivity contribution in [3.8, 4) is 5.75 Å². The van der Waals surface area contributed by atoms with Crippen LogP contribution >= 0.6 is 27.5 Å². The van der Waals surface area contributed by atoms with Gasteiger partial charge in [-0.05, 0) is 42.5 Å². The maximum atomic E-state index is 11.9. The van der Waals surface area contributed by atoms with Gasteiger partial charge < -0.3 is 20.7 Å². The average Bonchev–Trinajstić information content (AvgIpc) is 2.58. The quantitative estimate of drug-likeness (QED) is 0.645. The summed E-state index contributed by atoms with van der Waals surface area (Å²) in [5, 5.41) is 8.42. The maximum Gasteiger partial charge on any atom is 0.319 e. The molecule has 0 aliphatic rings. The molecule has 132 valence electrons. The third kappa shape index (κ3) is 6.28. The molecule has 25 heavy (non-hydrogen) atoms. The van der Waals surface area contributed by atoms with Gasteiger partial charge in [-0.2, -0.15) is 0 Å². The minimum atomic E-state index is -0.389. The van der Waals surface area contributed by atoms with E-state index in [0.29, 0.717) is 22.1 Å². The SMILES string of the molecule is COc1ccc(NC(=O)NCCC(=O)Nc2ccc(Br)cc2Cl)cc1. The highest BCUT2D eigenvalue weighted by molar-refractivity contribution is 9.10. The van der Waals surface area contributed by atoms with E-state index < -0.39 is 0 Å². The summed E-state index contributed by atoms with van der Waals surface area (Å²) >= 11 is 9.33. The molecular weight excluding hydrogens is 410 g/mol. The molecule has 6 nitrogen and oxygen atoms in total. The first-order chi connectivity index (χ1) is 12.0. The lowest BCUT2D eigenvalue weighted by atomic mass is 10.3. The van der Waals surface area contributed by atoms with Crippen LogP contribution in [0, 0.1) is 0 Å². The van der Waals surface area contributed by atoms with Crippen molar-refractivity contribution in [2.75, 3.05) is 24.3 Å². The van der Waals surface area contributed by atoms with Gasteiger partial charge in [-0.1, -0.05) is 27.5 Å². The Morgan fingerprint density at radius 2 is 1.84 bits per heavy atom. The predicted molar refractivity (Wildman–Crippen MR) is 102 cm³/mol. The number of carbonyl (C=O) groups is 2. The van der Waals surface area contributed by atoms with Crippen molar-refractivity contribution in [3.05, 3.63) is 52.0 Å². The molecule has 8 heteroatoms. The van der Waals surface area contributed by atoms with Crippen LogP contribution in [0.4, 0.5) is 16.2 Å². The zero-order valence-corrected chi connectivity index (χ0v) is 15.8. The van der Waals surface area contributed by atoms with Crippen molar-refractivity contribution in [1.82, 2.24) is 5.32 Å². The van der Waals surface area contributed by atoms with E-state index in [2.05, 4.69) is 31.9 Å². The van der Waals surface area contributed by atoms with Gasteiger partial charge >= 0.3 is 6.03 Å². The molecule has 2 rings (SSSR count). The summed E-state index contributed by atoms with van der Waals surface area (Å²) in [5.41, 5.74) is 1.15. The third-order valence-corrected chi connectivity index (χ3v) is 4.00. The highest BCUT2D eigenvalue weighted by atomic mass is 79.9. The standard InChI is InChI=1S/C17H17BrClN3O3/c1-25-13-5-3-12(4-6-13)21-17(24)20-9-8-16(23)22-15-7-2-11(18)10-14(15)19/h2-7,10H,8-9H2,1H3,(H,22,23)(H2,20,21,24). The summed E-state index contributed by atoms with van der Waals surface area (Å²) < 4.78 is 5.87. The molecule has 0 atom stereocenters. The lowest BCUT2D eigenvalue weighted by Crippen LogP contribution is -2.31. The molecule has 0 unspecified atom stereocenters. The number of halogens is 2. The van der Waals surface area contributed by atoms with E-state index in [1.807, 2.05) is 0 Å². The zero-order chi connectivity index (χ0) is 18.2. The first-order valence-electron chi connectivity index (χ1n) is 7.42. The van der Waals surface area contributed by atoms with Gasteiger partial charge in [-0.25, -0.2) is 4.79 Å². The Morgan fingerprint density at radius 1 is 1.12 bits per heavy atom. The molecule has 0 aliphatic carbocycles. The van der Waals surface area contributed by atoms with Crippen molar-refractivity contribution in [3.63, 3.8) is 0 Å². The Bertz CT molecular complexity index is 753. The van der Waals surface area contributed by atoms with E-state index in [1.54, 1.807) is 49.6 Å². The van der Waals surface area contributed by atoms with Gasteiger partial charge in [0.1, 0.15) is 5.75 Å². The van der Waals surface area contributed by atoms with Gasteiger partial charge in [0.05, 0.1) is 17.8 Å². The Balaban J connectivity index is 1.73. The molecule has 3 amide bonds. The van der Waals surface area contributed by atoms with Crippen LogP contribution in [0.15, 0.2) is 46.9 Å².